The Balaban J connectivity index is 1.94. The van der Waals surface area contributed by atoms with E-state index >= 15 is 0 Å². The van der Waals surface area contributed by atoms with Gasteiger partial charge < -0.3 is 10.5 Å². The normalized spacial score (nSPS) is 11.4. The summed E-state index contributed by atoms with van der Waals surface area (Å²) in [5, 5.41) is 13.6. The van der Waals surface area contributed by atoms with Crippen molar-refractivity contribution in [2.45, 2.75) is 20.8 Å². The molecule has 4 rings (SSSR count). The Morgan fingerprint density at radius 2 is 1.78 bits per heavy atom. The standard InChI is InChI=1S/C23H21ClN6O2/c1-4-32-23(31)18-14(3)26-22-19(28-27-17-11-9-16(24)10-12-17)21(25)29-30(22)20(18)15-7-5-13(2)6-8-15/h5-12H,4H2,1-3H3,(H2,25,29). The monoisotopic (exact) mass is 448 g/mol. The highest BCUT2D eigenvalue weighted by molar-refractivity contribution is 6.30. The number of azo groups is 1. The number of hydrogen-bond donors (Lipinski definition) is 1. The van der Waals surface area contributed by atoms with E-state index in [1.807, 2.05) is 31.2 Å². The van der Waals surface area contributed by atoms with Crippen molar-refractivity contribution in [2.75, 3.05) is 12.3 Å². The number of carbonyl (C=O) groups excluding carboxylic acids is 1. The first-order valence-electron chi connectivity index (χ1n) is 9.99. The van der Waals surface area contributed by atoms with Crippen LogP contribution in [0, 0.1) is 13.8 Å². The molecule has 32 heavy (non-hydrogen) atoms. The molecule has 0 saturated carbocycles. The summed E-state index contributed by atoms with van der Waals surface area (Å²) in [7, 11) is 0. The average Bonchev–Trinajstić information content (AvgIpc) is 3.08. The lowest BCUT2D eigenvalue weighted by atomic mass is 10.0. The van der Waals surface area contributed by atoms with Gasteiger partial charge in [-0.1, -0.05) is 41.4 Å². The minimum Gasteiger partial charge on any atom is -0.462 e. The van der Waals surface area contributed by atoms with Crippen LogP contribution >= 0.6 is 11.6 Å². The number of nitrogens with zero attached hydrogens (tertiary/aromatic N) is 5. The largest absolute Gasteiger partial charge is 0.462 e. The van der Waals surface area contributed by atoms with Crippen LogP contribution in [0.4, 0.5) is 17.2 Å². The quantitative estimate of drug-likeness (QED) is 0.304. The van der Waals surface area contributed by atoms with Crippen LogP contribution in [0.3, 0.4) is 0 Å². The molecule has 162 valence electrons. The van der Waals surface area contributed by atoms with Crippen molar-refractivity contribution in [1.82, 2.24) is 14.6 Å². The first kappa shape index (κ1) is 21.5. The van der Waals surface area contributed by atoms with Gasteiger partial charge in [0.15, 0.2) is 17.2 Å². The lowest BCUT2D eigenvalue weighted by Crippen LogP contribution is -2.14. The van der Waals surface area contributed by atoms with E-state index in [0.29, 0.717) is 39.0 Å². The molecular formula is C23H21ClN6O2. The summed E-state index contributed by atoms with van der Waals surface area (Å²) in [5.74, 6) is -0.336. The van der Waals surface area contributed by atoms with Gasteiger partial charge in [-0.05, 0) is 45.0 Å². The smallest absolute Gasteiger partial charge is 0.342 e. The van der Waals surface area contributed by atoms with E-state index in [9.17, 15) is 4.79 Å². The number of aryl methyl sites for hydroxylation is 2. The van der Waals surface area contributed by atoms with Gasteiger partial charge in [-0.25, -0.2) is 14.3 Å². The SMILES string of the molecule is CCOC(=O)c1c(C)nc2c(N=Nc3ccc(Cl)cc3)c(N)nn2c1-c1ccc(C)cc1. The molecule has 0 bridgehead atoms. The molecule has 9 heteroatoms. The van der Waals surface area contributed by atoms with Crippen molar-refractivity contribution in [1.29, 1.82) is 0 Å². The first-order valence-corrected chi connectivity index (χ1v) is 10.4. The molecule has 2 aromatic carbocycles. The van der Waals surface area contributed by atoms with E-state index in [1.54, 1.807) is 38.1 Å². The highest BCUT2D eigenvalue weighted by Crippen LogP contribution is 2.34. The molecule has 2 heterocycles. The third-order valence-corrected chi connectivity index (χ3v) is 5.10. The van der Waals surface area contributed by atoms with E-state index < -0.39 is 5.97 Å². The highest BCUT2D eigenvalue weighted by atomic mass is 35.5. The van der Waals surface area contributed by atoms with Crippen molar-refractivity contribution in [2.24, 2.45) is 10.2 Å². The fourth-order valence-corrected chi connectivity index (χ4v) is 3.43. The summed E-state index contributed by atoms with van der Waals surface area (Å²) in [6.07, 6.45) is 0. The maximum absolute atomic E-state index is 12.8. The summed E-state index contributed by atoms with van der Waals surface area (Å²) in [6, 6.07) is 14.7. The van der Waals surface area contributed by atoms with Crippen LogP contribution in [-0.4, -0.2) is 27.2 Å². The number of fused-ring (bicyclic) bond motifs is 1. The Morgan fingerprint density at radius 3 is 2.44 bits per heavy atom. The van der Waals surface area contributed by atoms with Crippen LogP contribution in [0.5, 0.6) is 0 Å². The van der Waals surface area contributed by atoms with Crippen molar-refractivity contribution in [3.63, 3.8) is 0 Å². The van der Waals surface area contributed by atoms with Gasteiger partial charge in [-0.2, -0.15) is 5.11 Å². The molecule has 2 N–H and O–H groups in total. The average molecular weight is 449 g/mol. The van der Waals surface area contributed by atoms with Crippen molar-refractivity contribution in [3.8, 4) is 11.3 Å². The lowest BCUT2D eigenvalue weighted by Gasteiger charge is -2.13. The van der Waals surface area contributed by atoms with E-state index in [-0.39, 0.29) is 12.4 Å². The van der Waals surface area contributed by atoms with Crippen LogP contribution in [0.25, 0.3) is 16.9 Å². The summed E-state index contributed by atoms with van der Waals surface area (Å²) >= 11 is 5.93. The molecule has 0 saturated heterocycles. The van der Waals surface area contributed by atoms with Gasteiger partial charge in [0.25, 0.3) is 0 Å². The molecule has 0 spiro atoms. The van der Waals surface area contributed by atoms with E-state index in [0.717, 1.165) is 11.1 Å². The molecule has 0 unspecified atom stereocenters. The molecule has 0 atom stereocenters. The van der Waals surface area contributed by atoms with E-state index in [2.05, 4.69) is 20.3 Å². The fourth-order valence-electron chi connectivity index (χ4n) is 3.30. The van der Waals surface area contributed by atoms with E-state index in [4.69, 9.17) is 22.1 Å². The Bertz CT molecular complexity index is 1330. The Kier molecular flexibility index (Phi) is 5.87. The van der Waals surface area contributed by atoms with Crippen LogP contribution < -0.4 is 5.73 Å². The van der Waals surface area contributed by atoms with Crippen LogP contribution in [0.2, 0.25) is 5.02 Å². The minimum absolute atomic E-state index is 0.143. The summed E-state index contributed by atoms with van der Waals surface area (Å²) in [4.78, 5) is 17.4. The molecule has 0 aliphatic heterocycles. The second kappa shape index (κ2) is 8.76. The number of halogens is 1. The summed E-state index contributed by atoms with van der Waals surface area (Å²) in [5.41, 5.74) is 10.7. The number of anilines is 1. The fraction of sp³-hybridized carbons (Fsp3) is 0.174. The number of ether oxygens (including phenoxy) is 1. The third kappa shape index (κ3) is 4.04. The predicted octanol–water partition coefficient (Wildman–Crippen LogP) is 5.84. The summed E-state index contributed by atoms with van der Waals surface area (Å²) in [6.45, 7) is 5.73. The summed E-state index contributed by atoms with van der Waals surface area (Å²) < 4.78 is 6.81. The zero-order valence-corrected chi connectivity index (χ0v) is 18.6. The minimum atomic E-state index is -0.478. The van der Waals surface area contributed by atoms with Gasteiger partial charge >= 0.3 is 5.97 Å². The first-order chi connectivity index (χ1) is 15.4. The molecule has 0 radical (unpaired) electrons. The molecule has 0 aliphatic carbocycles. The Labute approximate surface area is 189 Å². The predicted molar refractivity (Wildman–Crippen MR) is 124 cm³/mol. The zero-order chi connectivity index (χ0) is 22.8. The zero-order valence-electron chi connectivity index (χ0n) is 17.8. The third-order valence-electron chi connectivity index (χ3n) is 4.84. The molecule has 4 aromatic rings. The van der Waals surface area contributed by atoms with Gasteiger partial charge in [-0.3, -0.25) is 0 Å². The number of nitrogens with two attached hydrogens (primary N) is 1. The van der Waals surface area contributed by atoms with Gasteiger partial charge in [0.1, 0.15) is 5.56 Å². The molecule has 2 aromatic heterocycles. The van der Waals surface area contributed by atoms with Crippen LogP contribution in [0.15, 0.2) is 58.8 Å². The molecule has 0 fully saturated rings. The van der Waals surface area contributed by atoms with Crippen molar-refractivity contribution < 1.29 is 9.53 Å². The number of rotatable bonds is 5. The number of aromatic nitrogens is 3. The highest BCUT2D eigenvalue weighted by Gasteiger charge is 2.25. The van der Waals surface area contributed by atoms with Crippen LogP contribution in [0.1, 0.15) is 28.5 Å². The van der Waals surface area contributed by atoms with E-state index in [1.165, 1.54) is 4.52 Å². The van der Waals surface area contributed by atoms with Gasteiger partial charge in [0.2, 0.25) is 0 Å². The molecule has 0 amide bonds. The molecular weight excluding hydrogens is 428 g/mol. The second-order valence-corrected chi connectivity index (χ2v) is 7.59. The Hall–Kier alpha value is -3.78. The second-order valence-electron chi connectivity index (χ2n) is 7.15. The van der Waals surface area contributed by atoms with Gasteiger partial charge in [0.05, 0.1) is 23.7 Å². The maximum Gasteiger partial charge on any atom is 0.342 e. The van der Waals surface area contributed by atoms with Gasteiger partial charge in [0, 0.05) is 10.6 Å². The molecule has 8 nitrogen and oxygen atoms in total. The lowest BCUT2D eigenvalue weighted by molar-refractivity contribution is 0.0525. The number of benzene rings is 2. The maximum atomic E-state index is 12.8. The number of hydrogen-bond acceptors (Lipinski definition) is 7. The van der Waals surface area contributed by atoms with Crippen molar-refractivity contribution in [3.05, 3.63) is 70.4 Å². The topological polar surface area (TPSA) is 107 Å². The Morgan fingerprint density at radius 1 is 1.09 bits per heavy atom. The van der Waals surface area contributed by atoms with Crippen molar-refractivity contribution >= 4 is 40.4 Å². The number of esters is 1. The van der Waals surface area contributed by atoms with Crippen LogP contribution in [-0.2, 0) is 4.74 Å². The number of nitrogen functional groups attached to an aromatic ring is 1. The van der Waals surface area contributed by atoms with Gasteiger partial charge in [-0.15, -0.1) is 10.2 Å². The molecule has 0 aliphatic rings. The number of carbonyl (C=O) groups is 1.